The zero-order chi connectivity index (χ0) is 14.9. The van der Waals surface area contributed by atoms with Crippen molar-refractivity contribution in [3.63, 3.8) is 0 Å². The molecule has 5 nitrogen and oxygen atoms in total. The standard InChI is InChI=1S/C14H20N2O3S/c1-10(2)16(3)20(18,19)13-8-6-12(7-9-13)15-14(17)11-4-5-11/h6-11H,4-5H2,1-3H3,(H,15,17). The summed E-state index contributed by atoms with van der Waals surface area (Å²) in [4.78, 5) is 11.9. The Morgan fingerprint density at radius 1 is 1.25 bits per heavy atom. The molecule has 0 aromatic heterocycles. The number of anilines is 1. The first-order valence-electron chi connectivity index (χ1n) is 6.71. The van der Waals surface area contributed by atoms with Crippen LogP contribution in [0.15, 0.2) is 29.2 Å². The van der Waals surface area contributed by atoms with Crippen molar-refractivity contribution in [3.05, 3.63) is 24.3 Å². The van der Waals surface area contributed by atoms with Crippen molar-refractivity contribution in [2.24, 2.45) is 5.92 Å². The fraction of sp³-hybridized carbons (Fsp3) is 0.500. The summed E-state index contributed by atoms with van der Waals surface area (Å²) in [5.74, 6) is 0.144. The molecule has 110 valence electrons. The number of hydrogen-bond acceptors (Lipinski definition) is 3. The van der Waals surface area contributed by atoms with E-state index in [2.05, 4.69) is 5.32 Å². The Balaban J connectivity index is 2.13. The van der Waals surface area contributed by atoms with E-state index in [1.807, 2.05) is 13.8 Å². The smallest absolute Gasteiger partial charge is 0.243 e. The number of benzene rings is 1. The Kier molecular flexibility index (Phi) is 4.15. The van der Waals surface area contributed by atoms with Gasteiger partial charge in [0.2, 0.25) is 15.9 Å². The molecule has 1 saturated carbocycles. The molecule has 0 radical (unpaired) electrons. The van der Waals surface area contributed by atoms with Gasteiger partial charge in [0.05, 0.1) is 4.90 Å². The zero-order valence-electron chi connectivity index (χ0n) is 12.0. The van der Waals surface area contributed by atoms with E-state index in [9.17, 15) is 13.2 Å². The van der Waals surface area contributed by atoms with Crippen molar-refractivity contribution in [1.29, 1.82) is 0 Å². The highest BCUT2D eigenvalue weighted by Crippen LogP contribution is 2.30. The minimum absolute atomic E-state index is 0.0138. The van der Waals surface area contributed by atoms with E-state index < -0.39 is 10.0 Å². The average molecular weight is 296 g/mol. The maximum absolute atomic E-state index is 12.3. The van der Waals surface area contributed by atoms with Crippen molar-refractivity contribution in [1.82, 2.24) is 4.31 Å². The number of carbonyl (C=O) groups excluding carboxylic acids is 1. The lowest BCUT2D eigenvalue weighted by Crippen LogP contribution is -2.33. The minimum atomic E-state index is -3.47. The first kappa shape index (κ1) is 15.0. The third kappa shape index (κ3) is 3.19. The van der Waals surface area contributed by atoms with Crippen molar-refractivity contribution in [2.75, 3.05) is 12.4 Å². The number of carbonyl (C=O) groups is 1. The highest BCUT2D eigenvalue weighted by Gasteiger charge is 2.29. The summed E-state index contributed by atoms with van der Waals surface area (Å²) in [5.41, 5.74) is 0.632. The van der Waals surface area contributed by atoms with Crippen molar-refractivity contribution < 1.29 is 13.2 Å². The molecule has 1 aliphatic rings. The summed E-state index contributed by atoms with van der Waals surface area (Å²) in [6.45, 7) is 3.64. The van der Waals surface area contributed by atoms with E-state index in [1.54, 1.807) is 19.2 Å². The number of nitrogens with zero attached hydrogens (tertiary/aromatic N) is 1. The maximum atomic E-state index is 12.3. The Hall–Kier alpha value is -1.40. The first-order chi connectivity index (χ1) is 9.32. The molecule has 1 aromatic carbocycles. The van der Waals surface area contributed by atoms with Gasteiger partial charge in [-0.3, -0.25) is 4.79 Å². The fourth-order valence-corrected chi connectivity index (χ4v) is 3.11. The number of rotatable bonds is 5. The maximum Gasteiger partial charge on any atom is 0.243 e. The van der Waals surface area contributed by atoms with E-state index >= 15 is 0 Å². The van der Waals surface area contributed by atoms with Gasteiger partial charge in [0.25, 0.3) is 0 Å². The predicted octanol–water partition coefficient (Wildman–Crippen LogP) is 2.06. The van der Waals surface area contributed by atoms with Crippen LogP contribution in [0.3, 0.4) is 0 Å². The highest BCUT2D eigenvalue weighted by atomic mass is 32.2. The van der Waals surface area contributed by atoms with E-state index in [1.165, 1.54) is 16.4 Å². The molecule has 0 bridgehead atoms. The van der Waals surface area contributed by atoms with Crippen molar-refractivity contribution in [2.45, 2.75) is 37.6 Å². The van der Waals surface area contributed by atoms with Gasteiger partial charge in [-0.15, -0.1) is 0 Å². The van der Waals surface area contributed by atoms with E-state index in [0.717, 1.165) is 12.8 Å². The molecule has 0 heterocycles. The van der Waals surface area contributed by atoms with E-state index in [4.69, 9.17) is 0 Å². The Morgan fingerprint density at radius 2 is 1.80 bits per heavy atom. The summed E-state index contributed by atoms with van der Waals surface area (Å²) in [6, 6.07) is 6.20. The molecule has 1 fully saturated rings. The van der Waals surface area contributed by atoms with Gasteiger partial charge in [0, 0.05) is 24.7 Å². The second-order valence-corrected chi connectivity index (χ2v) is 7.40. The van der Waals surface area contributed by atoms with Gasteiger partial charge in [-0.05, 0) is 51.0 Å². The number of amides is 1. The summed E-state index contributed by atoms with van der Waals surface area (Å²) in [6.07, 6.45) is 1.88. The van der Waals surface area contributed by atoms with Gasteiger partial charge >= 0.3 is 0 Å². The molecule has 1 N–H and O–H groups in total. The largest absolute Gasteiger partial charge is 0.326 e. The molecule has 0 spiro atoms. The fourth-order valence-electron chi connectivity index (χ4n) is 1.74. The lowest BCUT2D eigenvalue weighted by Gasteiger charge is -2.21. The molecular formula is C14H20N2O3S. The molecule has 6 heteroatoms. The Labute approximate surface area is 120 Å². The van der Waals surface area contributed by atoms with Crippen LogP contribution in [-0.4, -0.2) is 31.7 Å². The molecule has 0 saturated heterocycles. The van der Waals surface area contributed by atoms with Gasteiger partial charge in [0.1, 0.15) is 0 Å². The molecule has 0 unspecified atom stereocenters. The number of nitrogens with one attached hydrogen (secondary N) is 1. The lowest BCUT2D eigenvalue weighted by atomic mass is 10.3. The third-order valence-electron chi connectivity index (χ3n) is 3.47. The van der Waals surface area contributed by atoms with Crippen LogP contribution >= 0.6 is 0 Å². The van der Waals surface area contributed by atoms with Crippen LogP contribution in [0.2, 0.25) is 0 Å². The van der Waals surface area contributed by atoms with Crippen LogP contribution in [0, 0.1) is 5.92 Å². The lowest BCUT2D eigenvalue weighted by molar-refractivity contribution is -0.117. The predicted molar refractivity (Wildman–Crippen MR) is 77.9 cm³/mol. The second-order valence-electron chi connectivity index (χ2n) is 5.40. The molecule has 20 heavy (non-hydrogen) atoms. The minimum Gasteiger partial charge on any atom is -0.326 e. The zero-order valence-corrected chi connectivity index (χ0v) is 12.8. The van der Waals surface area contributed by atoms with Gasteiger partial charge in [-0.25, -0.2) is 8.42 Å². The molecule has 1 amide bonds. The third-order valence-corrected chi connectivity index (χ3v) is 5.52. The van der Waals surface area contributed by atoms with Gasteiger partial charge in [0.15, 0.2) is 0 Å². The Morgan fingerprint density at radius 3 is 2.25 bits per heavy atom. The summed E-state index contributed by atoms with van der Waals surface area (Å²) in [7, 11) is -1.91. The molecule has 1 aromatic rings. The van der Waals surface area contributed by atoms with Crippen LogP contribution < -0.4 is 5.32 Å². The SMILES string of the molecule is CC(C)N(C)S(=O)(=O)c1ccc(NC(=O)C2CC2)cc1. The van der Waals surface area contributed by atoms with E-state index in [-0.39, 0.29) is 22.8 Å². The van der Waals surface area contributed by atoms with Gasteiger partial charge in [-0.1, -0.05) is 0 Å². The topological polar surface area (TPSA) is 66.5 Å². The summed E-state index contributed by atoms with van der Waals surface area (Å²) in [5, 5.41) is 2.79. The molecule has 2 rings (SSSR count). The molecule has 0 aliphatic heterocycles. The monoisotopic (exact) mass is 296 g/mol. The summed E-state index contributed by atoms with van der Waals surface area (Å²) >= 11 is 0. The van der Waals surface area contributed by atoms with Crippen LogP contribution in [0.4, 0.5) is 5.69 Å². The van der Waals surface area contributed by atoms with Gasteiger partial charge < -0.3 is 5.32 Å². The van der Waals surface area contributed by atoms with Crippen LogP contribution in [0.1, 0.15) is 26.7 Å². The highest BCUT2D eigenvalue weighted by molar-refractivity contribution is 7.89. The molecule has 1 aliphatic carbocycles. The molecular weight excluding hydrogens is 276 g/mol. The number of hydrogen-bond donors (Lipinski definition) is 1. The average Bonchev–Trinajstić information content (AvgIpc) is 3.22. The van der Waals surface area contributed by atoms with Gasteiger partial charge in [-0.2, -0.15) is 4.31 Å². The van der Waals surface area contributed by atoms with Crippen molar-refractivity contribution >= 4 is 21.6 Å². The number of sulfonamides is 1. The quantitative estimate of drug-likeness (QED) is 0.904. The summed E-state index contributed by atoms with van der Waals surface area (Å²) < 4.78 is 25.9. The van der Waals surface area contributed by atoms with E-state index in [0.29, 0.717) is 5.69 Å². The second kappa shape index (κ2) is 5.54. The van der Waals surface area contributed by atoms with Crippen LogP contribution in [0.5, 0.6) is 0 Å². The molecule has 0 atom stereocenters. The van der Waals surface area contributed by atoms with Crippen LogP contribution in [0.25, 0.3) is 0 Å². The van der Waals surface area contributed by atoms with Crippen molar-refractivity contribution in [3.8, 4) is 0 Å². The normalized spacial score (nSPS) is 15.7. The van der Waals surface area contributed by atoms with Crippen LogP contribution in [-0.2, 0) is 14.8 Å². The first-order valence-corrected chi connectivity index (χ1v) is 8.15. The Bertz CT molecular complexity index is 589.